The molecule has 1 aliphatic heterocycles. The number of nitrogens with zero attached hydrogens (tertiary/aromatic N) is 3. The molecular formula is C21H24ClN3O4. The van der Waals surface area contributed by atoms with Crippen LogP contribution in [0.4, 0.5) is 5.69 Å². The van der Waals surface area contributed by atoms with Gasteiger partial charge in [0.25, 0.3) is 0 Å². The lowest BCUT2D eigenvalue weighted by molar-refractivity contribution is 0.109. The van der Waals surface area contributed by atoms with Gasteiger partial charge in [0.15, 0.2) is 5.58 Å². The topological polar surface area (TPSA) is 71.1 Å². The Hall–Kier alpha value is -2.48. The zero-order chi connectivity index (χ0) is 20.5. The van der Waals surface area contributed by atoms with Crippen LogP contribution in [-0.2, 0) is 7.05 Å². The van der Waals surface area contributed by atoms with E-state index in [1.807, 2.05) is 18.2 Å². The Morgan fingerprint density at radius 1 is 1.21 bits per heavy atom. The van der Waals surface area contributed by atoms with Crippen molar-refractivity contribution in [2.45, 2.75) is 6.10 Å². The molecule has 0 saturated carbocycles. The normalized spacial score (nSPS) is 16.3. The molecule has 3 aromatic rings. The Morgan fingerprint density at radius 3 is 2.66 bits per heavy atom. The summed E-state index contributed by atoms with van der Waals surface area (Å²) >= 11 is 6.38. The van der Waals surface area contributed by atoms with Crippen LogP contribution >= 0.6 is 11.6 Å². The fourth-order valence-corrected chi connectivity index (χ4v) is 4.11. The highest BCUT2D eigenvalue weighted by Crippen LogP contribution is 2.30. The SMILES string of the molecule is COc1ccccc1N1CCN(CC(O)c2cc3oc(=O)n(C)c3cc2Cl)CC1. The molecule has 29 heavy (non-hydrogen) atoms. The van der Waals surface area contributed by atoms with Gasteiger partial charge in [-0.3, -0.25) is 9.47 Å². The van der Waals surface area contributed by atoms with Crippen LogP contribution in [-0.4, -0.2) is 54.4 Å². The van der Waals surface area contributed by atoms with Crippen molar-refractivity contribution in [1.82, 2.24) is 9.47 Å². The minimum Gasteiger partial charge on any atom is -0.495 e. The first-order valence-corrected chi connectivity index (χ1v) is 9.93. The molecule has 1 saturated heterocycles. The Bertz CT molecular complexity index is 1070. The van der Waals surface area contributed by atoms with Gasteiger partial charge in [-0.25, -0.2) is 4.79 Å². The molecule has 0 amide bonds. The van der Waals surface area contributed by atoms with Crippen molar-refractivity contribution in [3.05, 3.63) is 57.5 Å². The lowest BCUT2D eigenvalue weighted by Gasteiger charge is -2.37. The summed E-state index contributed by atoms with van der Waals surface area (Å²) in [6.07, 6.45) is -0.768. The summed E-state index contributed by atoms with van der Waals surface area (Å²) in [6.45, 7) is 3.77. The highest BCUT2D eigenvalue weighted by atomic mass is 35.5. The molecule has 0 aliphatic carbocycles. The summed E-state index contributed by atoms with van der Waals surface area (Å²) in [5.41, 5.74) is 2.70. The van der Waals surface area contributed by atoms with Crippen LogP contribution in [0.15, 0.2) is 45.6 Å². The van der Waals surface area contributed by atoms with Crippen molar-refractivity contribution in [2.24, 2.45) is 7.05 Å². The number of anilines is 1. The van der Waals surface area contributed by atoms with Crippen molar-refractivity contribution >= 4 is 28.4 Å². The first kappa shape index (κ1) is 19.8. The smallest absolute Gasteiger partial charge is 0.419 e. The van der Waals surface area contributed by atoms with E-state index in [1.165, 1.54) is 4.57 Å². The molecule has 1 atom stereocenters. The molecule has 0 radical (unpaired) electrons. The van der Waals surface area contributed by atoms with Crippen molar-refractivity contribution < 1.29 is 14.3 Å². The molecule has 154 valence electrons. The zero-order valence-corrected chi connectivity index (χ0v) is 17.2. The third-order valence-electron chi connectivity index (χ3n) is 5.50. The van der Waals surface area contributed by atoms with Crippen LogP contribution in [0, 0.1) is 0 Å². The lowest BCUT2D eigenvalue weighted by atomic mass is 10.1. The Kier molecular flexibility index (Phi) is 5.54. The molecule has 0 spiro atoms. The van der Waals surface area contributed by atoms with Crippen LogP contribution in [0.2, 0.25) is 5.02 Å². The second-order valence-electron chi connectivity index (χ2n) is 7.24. The van der Waals surface area contributed by atoms with Crippen LogP contribution < -0.4 is 15.4 Å². The summed E-state index contributed by atoms with van der Waals surface area (Å²) in [4.78, 5) is 16.2. The fraction of sp³-hybridized carbons (Fsp3) is 0.381. The predicted molar refractivity (Wildman–Crippen MR) is 113 cm³/mol. The van der Waals surface area contributed by atoms with Gasteiger partial charge in [-0.2, -0.15) is 0 Å². The van der Waals surface area contributed by atoms with E-state index in [4.69, 9.17) is 20.8 Å². The maximum atomic E-state index is 11.7. The molecule has 8 heteroatoms. The van der Waals surface area contributed by atoms with Gasteiger partial charge in [0.2, 0.25) is 0 Å². The standard InChI is InChI=1S/C21H24ClN3O4/c1-23-17-12-15(22)14(11-20(17)29-21(23)27)18(26)13-24-7-9-25(10-8-24)16-5-3-4-6-19(16)28-2/h3-6,11-12,18,26H,7-10,13H2,1-2H3. The lowest BCUT2D eigenvalue weighted by Crippen LogP contribution is -2.47. The molecule has 1 aromatic heterocycles. The van der Waals surface area contributed by atoms with Crippen molar-refractivity contribution in [2.75, 3.05) is 44.7 Å². The number of aryl methyl sites for hydroxylation is 1. The Labute approximate surface area is 173 Å². The first-order valence-electron chi connectivity index (χ1n) is 9.55. The molecule has 2 aromatic carbocycles. The van der Waals surface area contributed by atoms with E-state index >= 15 is 0 Å². The van der Waals surface area contributed by atoms with Crippen molar-refractivity contribution in [3.8, 4) is 5.75 Å². The number of para-hydroxylation sites is 2. The van der Waals surface area contributed by atoms with Gasteiger partial charge in [0.05, 0.1) is 24.4 Å². The summed E-state index contributed by atoms with van der Waals surface area (Å²) < 4.78 is 12.1. The third kappa shape index (κ3) is 3.85. The van der Waals surface area contributed by atoms with Gasteiger partial charge in [0, 0.05) is 50.4 Å². The van der Waals surface area contributed by atoms with E-state index in [2.05, 4.69) is 15.9 Å². The van der Waals surface area contributed by atoms with Gasteiger partial charge in [-0.05, 0) is 24.3 Å². The third-order valence-corrected chi connectivity index (χ3v) is 5.83. The van der Waals surface area contributed by atoms with Crippen LogP contribution in [0.25, 0.3) is 11.1 Å². The van der Waals surface area contributed by atoms with E-state index in [0.29, 0.717) is 28.2 Å². The van der Waals surface area contributed by atoms with Gasteiger partial charge >= 0.3 is 5.76 Å². The summed E-state index contributed by atoms with van der Waals surface area (Å²) in [6, 6.07) is 11.3. The van der Waals surface area contributed by atoms with E-state index in [-0.39, 0.29) is 0 Å². The highest BCUT2D eigenvalue weighted by Gasteiger charge is 2.23. The molecule has 0 bridgehead atoms. The number of β-amino-alcohol motifs (C(OH)–C–C–N with tert-alkyl or cyclic N) is 1. The number of oxazole rings is 1. The molecule has 1 N–H and O–H groups in total. The Balaban J connectivity index is 1.44. The minimum absolute atomic E-state index is 0.425. The second kappa shape index (κ2) is 8.10. The molecule has 7 nitrogen and oxygen atoms in total. The molecule has 1 unspecified atom stereocenters. The quantitative estimate of drug-likeness (QED) is 0.688. The maximum absolute atomic E-state index is 11.7. The van der Waals surface area contributed by atoms with Gasteiger partial charge in [0.1, 0.15) is 5.75 Å². The summed E-state index contributed by atoms with van der Waals surface area (Å²) in [7, 11) is 3.31. The minimum atomic E-state index is -0.768. The zero-order valence-electron chi connectivity index (χ0n) is 16.5. The van der Waals surface area contributed by atoms with Crippen LogP contribution in [0.5, 0.6) is 5.75 Å². The van der Waals surface area contributed by atoms with Crippen molar-refractivity contribution in [3.63, 3.8) is 0 Å². The molecule has 2 heterocycles. The van der Waals surface area contributed by atoms with Crippen LogP contribution in [0.1, 0.15) is 11.7 Å². The second-order valence-corrected chi connectivity index (χ2v) is 7.65. The summed E-state index contributed by atoms with van der Waals surface area (Å²) in [5, 5.41) is 11.2. The number of aromatic nitrogens is 1. The number of hydrogen-bond donors (Lipinski definition) is 1. The maximum Gasteiger partial charge on any atom is 0.419 e. The number of rotatable bonds is 5. The van der Waals surface area contributed by atoms with E-state index in [1.54, 1.807) is 26.3 Å². The molecular weight excluding hydrogens is 394 g/mol. The van der Waals surface area contributed by atoms with Gasteiger partial charge in [-0.1, -0.05) is 23.7 Å². The fourth-order valence-electron chi connectivity index (χ4n) is 3.82. The number of halogens is 1. The predicted octanol–water partition coefficient (Wildman–Crippen LogP) is 2.65. The number of fused-ring (bicyclic) bond motifs is 1. The number of aliphatic hydroxyl groups is 1. The monoisotopic (exact) mass is 417 g/mol. The molecule has 1 fully saturated rings. The van der Waals surface area contributed by atoms with E-state index in [0.717, 1.165) is 37.6 Å². The number of hydrogen-bond acceptors (Lipinski definition) is 6. The molecule has 1 aliphatic rings. The average Bonchev–Trinajstić information content (AvgIpc) is 3.01. The molecule has 4 rings (SSSR count). The average molecular weight is 418 g/mol. The van der Waals surface area contributed by atoms with Crippen molar-refractivity contribution in [1.29, 1.82) is 0 Å². The highest BCUT2D eigenvalue weighted by molar-refractivity contribution is 6.32. The largest absolute Gasteiger partial charge is 0.495 e. The van der Waals surface area contributed by atoms with Gasteiger partial charge in [-0.15, -0.1) is 0 Å². The van der Waals surface area contributed by atoms with E-state index in [9.17, 15) is 9.90 Å². The number of ether oxygens (including phenoxy) is 1. The first-order chi connectivity index (χ1) is 14.0. The Morgan fingerprint density at radius 2 is 1.93 bits per heavy atom. The van der Waals surface area contributed by atoms with E-state index < -0.39 is 11.9 Å². The van der Waals surface area contributed by atoms with Gasteiger partial charge < -0.3 is 19.2 Å². The number of benzene rings is 2. The number of methoxy groups -OCH3 is 1. The summed E-state index contributed by atoms with van der Waals surface area (Å²) in [5.74, 6) is 0.417. The number of piperazine rings is 1. The number of aliphatic hydroxyl groups excluding tert-OH is 1. The van der Waals surface area contributed by atoms with Crippen LogP contribution in [0.3, 0.4) is 0 Å².